The van der Waals surface area contributed by atoms with Crippen LogP contribution in [0.1, 0.15) is 23.6 Å². The molecule has 230 valence electrons. The van der Waals surface area contributed by atoms with E-state index in [-0.39, 0.29) is 5.41 Å². The molecule has 1 unspecified atom stereocenters. The van der Waals surface area contributed by atoms with Crippen LogP contribution in [0.2, 0.25) is 0 Å². The molecule has 7 aromatic carbocycles. The number of aromatic nitrogens is 2. The van der Waals surface area contributed by atoms with Crippen molar-refractivity contribution >= 4 is 42.3 Å². The molecule has 1 atom stereocenters. The Labute approximate surface area is 289 Å². The highest BCUT2D eigenvalue weighted by atomic mass is 32.1. The Balaban J connectivity index is 1.18. The van der Waals surface area contributed by atoms with Crippen molar-refractivity contribution < 1.29 is 0 Å². The van der Waals surface area contributed by atoms with Crippen LogP contribution in [0.25, 0.3) is 76.0 Å². The number of nitrogens with zero attached hydrogens (tertiary/aromatic N) is 2. The minimum atomic E-state index is -0.285. The van der Waals surface area contributed by atoms with Crippen molar-refractivity contribution in [2.45, 2.75) is 12.3 Å². The maximum atomic E-state index is 5.29. The number of hydrogen-bond donors (Lipinski definition) is 0. The van der Waals surface area contributed by atoms with Gasteiger partial charge in [0.25, 0.3) is 0 Å². The maximum Gasteiger partial charge on any atom is 0.160 e. The molecule has 0 saturated heterocycles. The zero-order valence-corrected chi connectivity index (χ0v) is 27.7. The molecule has 1 aliphatic carbocycles. The predicted molar refractivity (Wildman–Crippen MR) is 206 cm³/mol. The van der Waals surface area contributed by atoms with Crippen molar-refractivity contribution in [3.05, 3.63) is 180 Å². The average molecular weight is 643 g/mol. The van der Waals surface area contributed by atoms with E-state index in [1.54, 1.807) is 0 Å². The fourth-order valence-corrected chi connectivity index (χ4v) is 8.96. The van der Waals surface area contributed by atoms with E-state index in [0.29, 0.717) is 0 Å². The van der Waals surface area contributed by atoms with Gasteiger partial charge in [-0.2, -0.15) is 0 Å². The summed E-state index contributed by atoms with van der Waals surface area (Å²) in [5, 5.41) is 4.97. The van der Waals surface area contributed by atoms with E-state index >= 15 is 0 Å². The molecule has 3 heteroatoms. The molecule has 0 radical (unpaired) electrons. The van der Waals surface area contributed by atoms with Crippen LogP contribution in [0.15, 0.2) is 164 Å². The lowest BCUT2D eigenvalue weighted by molar-refractivity contribution is 0.714. The molecule has 0 N–H and O–H groups in total. The first-order chi connectivity index (χ1) is 24.1. The number of thiophene rings is 1. The average Bonchev–Trinajstić information content (AvgIpc) is 3.67. The topological polar surface area (TPSA) is 25.8 Å². The minimum Gasteiger partial charge on any atom is -0.228 e. The third-order valence-electron chi connectivity index (χ3n) is 10.4. The lowest BCUT2D eigenvalue weighted by atomic mass is 9.74. The lowest BCUT2D eigenvalue weighted by Crippen LogP contribution is -2.22. The van der Waals surface area contributed by atoms with Crippen molar-refractivity contribution in [2.24, 2.45) is 0 Å². The Kier molecular flexibility index (Phi) is 6.21. The molecule has 2 aromatic heterocycles. The Morgan fingerprint density at radius 1 is 0.449 bits per heavy atom. The summed E-state index contributed by atoms with van der Waals surface area (Å²) in [6, 6.07) is 59.2. The van der Waals surface area contributed by atoms with Gasteiger partial charge in [0, 0.05) is 42.3 Å². The number of rotatable bonds is 4. The van der Waals surface area contributed by atoms with E-state index in [2.05, 4.69) is 171 Å². The number of benzene rings is 7. The largest absolute Gasteiger partial charge is 0.228 e. The van der Waals surface area contributed by atoms with Gasteiger partial charge in [0.2, 0.25) is 0 Å². The third-order valence-corrected chi connectivity index (χ3v) is 11.5. The second kappa shape index (κ2) is 10.8. The monoisotopic (exact) mass is 642 g/mol. The van der Waals surface area contributed by atoms with Gasteiger partial charge in [-0.3, -0.25) is 0 Å². The maximum absolute atomic E-state index is 5.29. The highest BCUT2D eigenvalue weighted by Crippen LogP contribution is 2.53. The Hall–Kier alpha value is -5.90. The molecular weight excluding hydrogens is 613 g/mol. The number of fused-ring (bicyclic) bond motifs is 7. The molecule has 0 amide bonds. The van der Waals surface area contributed by atoms with Crippen molar-refractivity contribution in [1.82, 2.24) is 9.97 Å². The Bertz CT molecular complexity index is 2740. The van der Waals surface area contributed by atoms with E-state index in [0.717, 1.165) is 33.9 Å². The summed E-state index contributed by atoms with van der Waals surface area (Å²) in [5.74, 6) is 0.726. The van der Waals surface area contributed by atoms with Crippen LogP contribution in [-0.2, 0) is 5.41 Å². The quantitative estimate of drug-likeness (QED) is 0.191. The third kappa shape index (κ3) is 4.40. The van der Waals surface area contributed by atoms with Gasteiger partial charge in [-0.1, -0.05) is 133 Å². The van der Waals surface area contributed by atoms with E-state index in [1.165, 1.54) is 58.8 Å². The zero-order valence-electron chi connectivity index (χ0n) is 26.9. The fraction of sp³-hybridized carbons (Fsp3) is 0.0435. The summed E-state index contributed by atoms with van der Waals surface area (Å²) in [7, 11) is 0. The standard InChI is InChI=1S/C46H30N2S/c1-46(34-13-3-2-4-14-34)39-17-9-7-15-35(39)36-23-21-31(26-40(36)46)41-28-42(32-22-24-38-37-16-8-10-18-43(37)49-44(38)27-32)48-45(47-41)33-20-19-29-11-5-6-12-30(29)25-33/h2-28H,1H3. The van der Waals surface area contributed by atoms with Gasteiger partial charge in [0.05, 0.1) is 11.4 Å². The predicted octanol–water partition coefficient (Wildman–Crippen LogP) is 12.3. The van der Waals surface area contributed by atoms with Crippen LogP contribution in [-0.4, -0.2) is 9.97 Å². The summed E-state index contributed by atoms with van der Waals surface area (Å²) >= 11 is 1.83. The highest BCUT2D eigenvalue weighted by Gasteiger charge is 2.40. The minimum absolute atomic E-state index is 0.285. The lowest BCUT2D eigenvalue weighted by Gasteiger charge is -2.28. The SMILES string of the molecule is CC1(c2ccccc2)c2ccccc2-c2ccc(-c3cc(-c4ccc5c(c4)sc4ccccc45)nc(-c4ccc5ccccc5c4)n3)cc21. The van der Waals surface area contributed by atoms with Crippen molar-refractivity contribution in [1.29, 1.82) is 0 Å². The number of hydrogen-bond acceptors (Lipinski definition) is 3. The first kappa shape index (κ1) is 28.1. The van der Waals surface area contributed by atoms with Gasteiger partial charge in [0.1, 0.15) is 0 Å². The molecule has 0 saturated carbocycles. The van der Waals surface area contributed by atoms with Gasteiger partial charge in [-0.15, -0.1) is 11.3 Å². The molecule has 0 bridgehead atoms. The van der Waals surface area contributed by atoms with Crippen LogP contribution in [0.4, 0.5) is 0 Å². The van der Waals surface area contributed by atoms with Gasteiger partial charge in [-0.05, 0) is 75.8 Å². The van der Waals surface area contributed by atoms with Gasteiger partial charge in [-0.25, -0.2) is 9.97 Å². The molecule has 2 nitrogen and oxygen atoms in total. The van der Waals surface area contributed by atoms with E-state index in [4.69, 9.17) is 9.97 Å². The fourth-order valence-electron chi connectivity index (χ4n) is 7.82. The van der Waals surface area contributed by atoms with Crippen molar-refractivity contribution in [2.75, 3.05) is 0 Å². The van der Waals surface area contributed by atoms with Crippen LogP contribution >= 0.6 is 11.3 Å². The molecule has 49 heavy (non-hydrogen) atoms. The Morgan fingerprint density at radius 2 is 1.10 bits per heavy atom. The highest BCUT2D eigenvalue weighted by molar-refractivity contribution is 7.25. The van der Waals surface area contributed by atoms with Crippen LogP contribution in [0.3, 0.4) is 0 Å². The van der Waals surface area contributed by atoms with Gasteiger partial charge in [0.15, 0.2) is 5.82 Å². The molecule has 9 aromatic rings. The van der Waals surface area contributed by atoms with Crippen molar-refractivity contribution in [3.63, 3.8) is 0 Å². The molecule has 1 aliphatic rings. The van der Waals surface area contributed by atoms with E-state index in [1.807, 2.05) is 11.3 Å². The first-order valence-electron chi connectivity index (χ1n) is 16.7. The molecule has 0 spiro atoms. The summed E-state index contributed by atoms with van der Waals surface area (Å²) in [5.41, 5.74) is 11.2. The van der Waals surface area contributed by atoms with Crippen LogP contribution < -0.4 is 0 Å². The van der Waals surface area contributed by atoms with Crippen LogP contribution in [0.5, 0.6) is 0 Å². The first-order valence-corrected chi connectivity index (χ1v) is 17.6. The smallest absolute Gasteiger partial charge is 0.160 e. The molecule has 0 fully saturated rings. The second-order valence-corrected chi connectivity index (χ2v) is 14.2. The van der Waals surface area contributed by atoms with Gasteiger partial charge < -0.3 is 0 Å². The Morgan fingerprint density at radius 3 is 1.98 bits per heavy atom. The van der Waals surface area contributed by atoms with Crippen LogP contribution in [0, 0.1) is 0 Å². The zero-order chi connectivity index (χ0) is 32.5. The van der Waals surface area contributed by atoms with E-state index in [9.17, 15) is 0 Å². The summed E-state index contributed by atoms with van der Waals surface area (Å²) in [6.45, 7) is 2.36. The van der Waals surface area contributed by atoms with Crippen molar-refractivity contribution in [3.8, 4) is 45.0 Å². The molecule has 2 heterocycles. The summed E-state index contributed by atoms with van der Waals surface area (Å²) in [6.07, 6.45) is 0. The summed E-state index contributed by atoms with van der Waals surface area (Å²) < 4.78 is 2.57. The second-order valence-electron chi connectivity index (χ2n) is 13.1. The van der Waals surface area contributed by atoms with E-state index < -0.39 is 0 Å². The molecule has 0 aliphatic heterocycles. The summed E-state index contributed by atoms with van der Waals surface area (Å²) in [4.78, 5) is 10.5. The van der Waals surface area contributed by atoms with Gasteiger partial charge >= 0.3 is 0 Å². The molecular formula is C46H30N2S. The normalized spacial score (nSPS) is 15.1. The molecule has 10 rings (SSSR count).